The minimum atomic E-state index is -0.622. The average Bonchev–Trinajstić information content (AvgIpc) is 2.35. The molecular formula is C12H8BrClN2O2. The van der Waals surface area contributed by atoms with Gasteiger partial charge in [-0.1, -0.05) is 29.8 Å². The zero-order valence-corrected chi connectivity index (χ0v) is 11.4. The van der Waals surface area contributed by atoms with Crippen molar-refractivity contribution in [1.29, 1.82) is 0 Å². The van der Waals surface area contributed by atoms with Gasteiger partial charge in [-0.15, -0.1) is 0 Å². The Morgan fingerprint density at radius 3 is 2.78 bits per heavy atom. The molecule has 0 saturated carbocycles. The number of nitrogens with one attached hydrogen (secondary N) is 1. The Hall–Kier alpha value is -1.59. The third kappa shape index (κ3) is 3.45. The lowest BCUT2D eigenvalue weighted by Gasteiger charge is -2.07. The molecule has 1 aromatic heterocycles. The number of benzene rings is 1. The van der Waals surface area contributed by atoms with Gasteiger partial charge in [-0.3, -0.25) is 5.32 Å². The summed E-state index contributed by atoms with van der Waals surface area (Å²) in [6.45, 7) is 0. The van der Waals surface area contributed by atoms with E-state index in [1.165, 1.54) is 6.20 Å². The molecule has 2 rings (SSSR count). The van der Waals surface area contributed by atoms with Crippen molar-refractivity contribution >= 4 is 39.3 Å². The fraction of sp³-hybridized carbons (Fsp3) is 0. The number of hydrogen-bond donors (Lipinski definition) is 1. The zero-order valence-electron chi connectivity index (χ0n) is 9.06. The maximum atomic E-state index is 11.6. The maximum Gasteiger partial charge on any atom is 0.417 e. The van der Waals surface area contributed by atoms with Gasteiger partial charge in [0.25, 0.3) is 0 Å². The molecule has 1 aromatic carbocycles. The Labute approximate surface area is 117 Å². The number of rotatable bonds is 2. The highest BCUT2D eigenvalue weighted by Gasteiger charge is 2.09. The van der Waals surface area contributed by atoms with E-state index in [0.717, 1.165) is 0 Å². The number of halogens is 2. The number of anilines is 1. The van der Waals surface area contributed by atoms with Gasteiger partial charge in [0.05, 0.1) is 5.69 Å². The summed E-state index contributed by atoms with van der Waals surface area (Å²) in [6, 6.07) is 10.4. The number of aromatic nitrogens is 1. The summed E-state index contributed by atoms with van der Waals surface area (Å²) in [5, 5.41) is 2.71. The number of para-hydroxylation sites is 1. The van der Waals surface area contributed by atoms with Crippen molar-refractivity contribution in [1.82, 2.24) is 4.98 Å². The van der Waals surface area contributed by atoms with E-state index in [1.807, 2.05) is 6.07 Å². The second-order valence-electron chi connectivity index (χ2n) is 3.32. The Balaban J connectivity index is 2.05. The number of ether oxygens (including phenoxy) is 1. The van der Waals surface area contributed by atoms with Gasteiger partial charge >= 0.3 is 6.09 Å². The molecule has 6 heteroatoms. The van der Waals surface area contributed by atoms with E-state index < -0.39 is 6.09 Å². The van der Waals surface area contributed by atoms with Gasteiger partial charge in [0.1, 0.15) is 5.75 Å². The maximum absolute atomic E-state index is 11.6. The first-order valence-electron chi connectivity index (χ1n) is 5.00. The quantitative estimate of drug-likeness (QED) is 0.845. The normalized spacial score (nSPS) is 9.89. The lowest BCUT2D eigenvalue weighted by Crippen LogP contribution is -2.17. The van der Waals surface area contributed by atoms with Crippen LogP contribution < -0.4 is 10.1 Å². The van der Waals surface area contributed by atoms with Gasteiger partial charge < -0.3 is 4.74 Å². The van der Waals surface area contributed by atoms with Crippen LogP contribution in [-0.4, -0.2) is 11.1 Å². The predicted octanol–water partition coefficient (Wildman–Crippen LogP) is 4.11. The topological polar surface area (TPSA) is 51.2 Å². The van der Waals surface area contributed by atoms with Crippen LogP contribution in [0.3, 0.4) is 0 Å². The number of carbonyl (C=O) groups is 1. The summed E-state index contributed by atoms with van der Waals surface area (Å²) in [5.41, 5.74) is 0.381. The lowest BCUT2D eigenvalue weighted by atomic mass is 10.3. The van der Waals surface area contributed by atoms with Gasteiger partial charge in [-0.05, 0) is 34.1 Å². The van der Waals surface area contributed by atoms with Crippen molar-refractivity contribution in [3.05, 3.63) is 52.2 Å². The predicted molar refractivity (Wildman–Crippen MR) is 73.0 cm³/mol. The van der Waals surface area contributed by atoms with Crippen LogP contribution in [0.15, 0.2) is 47.1 Å². The molecule has 0 atom stereocenters. The van der Waals surface area contributed by atoms with Crippen molar-refractivity contribution in [2.45, 2.75) is 0 Å². The van der Waals surface area contributed by atoms with Gasteiger partial charge in [-0.25, -0.2) is 9.78 Å². The largest absolute Gasteiger partial charge is 0.417 e. The second-order valence-corrected chi connectivity index (χ2v) is 4.59. The number of amides is 1. The summed E-state index contributed by atoms with van der Waals surface area (Å²) in [4.78, 5) is 15.5. The molecular weight excluding hydrogens is 320 g/mol. The van der Waals surface area contributed by atoms with Crippen LogP contribution in [0.1, 0.15) is 0 Å². The molecule has 0 spiro atoms. The van der Waals surface area contributed by atoms with Crippen LogP contribution >= 0.6 is 27.5 Å². The van der Waals surface area contributed by atoms with E-state index in [1.54, 1.807) is 30.3 Å². The number of nitrogens with zero attached hydrogens (tertiary/aromatic N) is 1. The first-order valence-corrected chi connectivity index (χ1v) is 6.17. The van der Waals surface area contributed by atoms with Crippen molar-refractivity contribution in [3.8, 4) is 5.75 Å². The molecule has 0 aliphatic rings. The van der Waals surface area contributed by atoms with Crippen molar-refractivity contribution in [2.75, 3.05) is 5.32 Å². The van der Waals surface area contributed by atoms with Crippen LogP contribution in [-0.2, 0) is 0 Å². The van der Waals surface area contributed by atoms with Crippen molar-refractivity contribution < 1.29 is 9.53 Å². The molecule has 4 nitrogen and oxygen atoms in total. The van der Waals surface area contributed by atoms with Crippen LogP contribution in [0.2, 0.25) is 5.15 Å². The van der Waals surface area contributed by atoms with E-state index >= 15 is 0 Å². The van der Waals surface area contributed by atoms with Crippen LogP contribution in [0.4, 0.5) is 10.5 Å². The number of pyridine rings is 1. The Morgan fingerprint density at radius 1 is 1.33 bits per heavy atom. The van der Waals surface area contributed by atoms with Gasteiger partial charge in [-0.2, -0.15) is 0 Å². The highest BCUT2D eigenvalue weighted by molar-refractivity contribution is 9.10. The Bertz CT molecular complexity index is 563. The minimum absolute atomic E-state index is 0.197. The Kier molecular flexibility index (Phi) is 4.17. The summed E-state index contributed by atoms with van der Waals surface area (Å²) in [6.07, 6.45) is 0.916. The van der Waals surface area contributed by atoms with E-state index in [9.17, 15) is 4.79 Å². The lowest BCUT2D eigenvalue weighted by molar-refractivity contribution is 0.215. The molecule has 0 unspecified atom stereocenters. The number of carbonyl (C=O) groups excluding carboxylic acids is 1. The van der Waals surface area contributed by atoms with Crippen LogP contribution in [0.25, 0.3) is 0 Å². The monoisotopic (exact) mass is 326 g/mol. The molecule has 0 saturated heterocycles. The molecule has 2 aromatic rings. The molecule has 1 heterocycles. The minimum Gasteiger partial charge on any atom is -0.410 e. The van der Waals surface area contributed by atoms with Gasteiger partial charge in [0.15, 0.2) is 5.15 Å². The van der Waals surface area contributed by atoms with Gasteiger partial charge in [0.2, 0.25) is 0 Å². The molecule has 0 aliphatic carbocycles. The fourth-order valence-electron chi connectivity index (χ4n) is 1.24. The molecule has 1 amide bonds. The smallest absolute Gasteiger partial charge is 0.410 e. The SMILES string of the molecule is O=C(Nc1cc(Br)cnc1Cl)Oc1ccccc1. The van der Waals surface area contributed by atoms with Crippen molar-refractivity contribution in [3.63, 3.8) is 0 Å². The zero-order chi connectivity index (χ0) is 13.0. The summed E-state index contributed by atoms with van der Waals surface area (Å²) < 4.78 is 5.77. The Morgan fingerprint density at radius 2 is 2.06 bits per heavy atom. The van der Waals surface area contributed by atoms with E-state index in [0.29, 0.717) is 15.9 Å². The molecule has 1 N–H and O–H groups in total. The van der Waals surface area contributed by atoms with Crippen molar-refractivity contribution in [2.24, 2.45) is 0 Å². The van der Waals surface area contributed by atoms with Gasteiger partial charge in [0, 0.05) is 10.7 Å². The molecule has 0 radical (unpaired) electrons. The third-order valence-electron chi connectivity index (χ3n) is 2.00. The summed E-state index contributed by atoms with van der Waals surface area (Å²) in [7, 11) is 0. The average molecular weight is 328 g/mol. The third-order valence-corrected chi connectivity index (χ3v) is 2.73. The highest BCUT2D eigenvalue weighted by Crippen LogP contribution is 2.23. The molecule has 18 heavy (non-hydrogen) atoms. The molecule has 0 bridgehead atoms. The number of hydrogen-bond acceptors (Lipinski definition) is 3. The second kappa shape index (κ2) is 5.84. The standard InChI is InChI=1S/C12H8BrClN2O2/c13-8-6-10(11(14)15-7-8)16-12(17)18-9-4-2-1-3-5-9/h1-7H,(H,16,17). The van der Waals surface area contributed by atoms with E-state index in [2.05, 4.69) is 26.2 Å². The van der Waals surface area contributed by atoms with E-state index in [4.69, 9.17) is 16.3 Å². The molecule has 0 aliphatic heterocycles. The summed E-state index contributed by atoms with van der Waals surface area (Å²) >= 11 is 9.08. The summed E-state index contributed by atoms with van der Waals surface area (Å²) in [5.74, 6) is 0.453. The fourth-order valence-corrected chi connectivity index (χ4v) is 1.72. The highest BCUT2D eigenvalue weighted by atomic mass is 79.9. The van der Waals surface area contributed by atoms with Crippen LogP contribution in [0.5, 0.6) is 5.75 Å². The molecule has 0 fully saturated rings. The first-order chi connectivity index (χ1) is 8.65. The molecule has 92 valence electrons. The first kappa shape index (κ1) is 12.9. The van der Waals surface area contributed by atoms with E-state index in [-0.39, 0.29) is 5.15 Å². The van der Waals surface area contributed by atoms with Crippen LogP contribution in [0, 0.1) is 0 Å².